The summed E-state index contributed by atoms with van der Waals surface area (Å²) < 4.78 is 18.9. The molecule has 2 rings (SSSR count). The van der Waals surface area contributed by atoms with Crippen molar-refractivity contribution >= 4 is 0 Å². The average molecular weight is 223 g/mol. The summed E-state index contributed by atoms with van der Waals surface area (Å²) >= 11 is 0. The van der Waals surface area contributed by atoms with Crippen molar-refractivity contribution in [2.24, 2.45) is 11.7 Å². The van der Waals surface area contributed by atoms with Crippen molar-refractivity contribution in [2.75, 3.05) is 0 Å². The molecule has 2 N–H and O–H groups in total. The molecule has 2 unspecified atom stereocenters. The maximum Gasteiger partial charge on any atom is 0.127 e. The highest BCUT2D eigenvalue weighted by atomic mass is 19.1. The Morgan fingerprint density at radius 1 is 1.56 bits per heavy atom. The normalized spacial score (nSPS) is 25.8. The van der Waals surface area contributed by atoms with Crippen molar-refractivity contribution in [3.8, 4) is 5.75 Å². The third-order valence-corrected chi connectivity index (χ3v) is 3.42. The Balaban J connectivity index is 2.27. The zero-order valence-electron chi connectivity index (χ0n) is 9.74. The van der Waals surface area contributed by atoms with Gasteiger partial charge in [0.05, 0.1) is 0 Å². The van der Waals surface area contributed by atoms with E-state index in [1.54, 1.807) is 6.07 Å². The topological polar surface area (TPSA) is 35.2 Å². The van der Waals surface area contributed by atoms with E-state index in [0.29, 0.717) is 11.7 Å². The highest BCUT2D eigenvalue weighted by molar-refractivity contribution is 5.38. The minimum absolute atomic E-state index is 0.0386. The molecule has 3 heteroatoms. The van der Waals surface area contributed by atoms with E-state index in [1.807, 2.05) is 0 Å². The van der Waals surface area contributed by atoms with Crippen LogP contribution < -0.4 is 10.5 Å². The van der Waals surface area contributed by atoms with Crippen LogP contribution >= 0.6 is 0 Å². The van der Waals surface area contributed by atoms with Gasteiger partial charge >= 0.3 is 0 Å². The van der Waals surface area contributed by atoms with Crippen molar-refractivity contribution in [2.45, 2.75) is 38.8 Å². The molecule has 1 aliphatic heterocycles. The van der Waals surface area contributed by atoms with Gasteiger partial charge in [0.25, 0.3) is 0 Å². The largest absolute Gasteiger partial charge is 0.490 e. The summed E-state index contributed by atoms with van der Waals surface area (Å²) in [5, 5.41) is 0. The second-order valence-corrected chi connectivity index (χ2v) is 4.57. The Morgan fingerprint density at radius 3 is 3.00 bits per heavy atom. The van der Waals surface area contributed by atoms with Crippen LogP contribution in [0.2, 0.25) is 0 Å². The van der Waals surface area contributed by atoms with Gasteiger partial charge in [-0.05, 0) is 12.0 Å². The Morgan fingerprint density at radius 2 is 2.31 bits per heavy atom. The summed E-state index contributed by atoms with van der Waals surface area (Å²) in [6.07, 6.45) is 1.96. The van der Waals surface area contributed by atoms with Crippen molar-refractivity contribution in [1.82, 2.24) is 0 Å². The second-order valence-electron chi connectivity index (χ2n) is 4.57. The fourth-order valence-electron chi connectivity index (χ4n) is 2.12. The van der Waals surface area contributed by atoms with E-state index in [2.05, 4.69) is 13.8 Å². The number of hydrogen-bond donors (Lipinski definition) is 1. The van der Waals surface area contributed by atoms with Crippen LogP contribution in [0.3, 0.4) is 0 Å². The Bertz CT molecular complexity index is 380. The van der Waals surface area contributed by atoms with Crippen molar-refractivity contribution < 1.29 is 9.13 Å². The average Bonchev–Trinajstić information content (AvgIpc) is 2.27. The van der Waals surface area contributed by atoms with Gasteiger partial charge in [0, 0.05) is 24.1 Å². The highest BCUT2D eigenvalue weighted by Crippen LogP contribution is 2.36. The number of fused-ring (bicyclic) bond motifs is 1. The van der Waals surface area contributed by atoms with Crippen LogP contribution in [-0.4, -0.2) is 6.10 Å². The van der Waals surface area contributed by atoms with E-state index in [0.717, 1.165) is 18.4 Å². The van der Waals surface area contributed by atoms with Crippen LogP contribution in [0.5, 0.6) is 5.75 Å². The lowest BCUT2D eigenvalue weighted by Gasteiger charge is -2.33. The van der Waals surface area contributed by atoms with E-state index in [9.17, 15) is 4.39 Å². The molecule has 0 saturated carbocycles. The second kappa shape index (κ2) is 4.42. The molecule has 0 spiro atoms. The molecule has 1 aliphatic rings. The summed E-state index contributed by atoms with van der Waals surface area (Å²) in [4.78, 5) is 0. The minimum Gasteiger partial charge on any atom is -0.490 e. The lowest BCUT2D eigenvalue weighted by atomic mass is 9.90. The molecule has 1 aromatic carbocycles. The molecule has 0 saturated heterocycles. The van der Waals surface area contributed by atoms with Crippen LogP contribution in [0, 0.1) is 11.7 Å². The minimum atomic E-state index is -0.268. The Kier molecular flexibility index (Phi) is 3.15. The van der Waals surface area contributed by atoms with Gasteiger partial charge in [0.1, 0.15) is 17.7 Å². The molecule has 88 valence electrons. The molecule has 0 fully saturated rings. The predicted octanol–water partition coefficient (Wildman–Crippen LogP) is 3.02. The molecular formula is C13H18FNO. The van der Waals surface area contributed by atoms with E-state index >= 15 is 0 Å². The van der Waals surface area contributed by atoms with Crippen molar-refractivity contribution in [3.63, 3.8) is 0 Å². The summed E-state index contributed by atoms with van der Waals surface area (Å²) in [5.74, 6) is 0.794. The quantitative estimate of drug-likeness (QED) is 0.836. The van der Waals surface area contributed by atoms with E-state index in [1.165, 1.54) is 12.1 Å². The van der Waals surface area contributed by atoms with Crippen LogP contribution in [0.15, 0.2) is 18.2 Å². The molecule has 0 aromatic heterocycles. The van der Waals surface area contributed by atoms with E-state index < -0.39 is 0 Å². The molecule has 0 amide bonds. The molecule has 16 heavy (non-hydrogen) atoms. The summed E-state index contributed by atoms with van der Waals surface area (Å²) in [5.41, 5.74) is 6.99. The standard InChI is InChI=1S/C13H18FNO/c1-3-8(2)12-7-11(15)10-5-4-9(14)6-13(10)16-12/h4-6,8,11-12H,3,7,15H2,1-2H3/t8?,11-,12?/m1/s1. The first kappa shape index (κ1) is 11.4. The van der Waals surface area contributed by atoms with Crippen molar-refractivity contribution in [3.05, 3.63) is 29.6 Å². The van der Waals surface area contributed by atoms with Gasteiger partial charge in [0.15, 0.2) is 0 Å². The molecule has 2 nitrogen and oxygen atoms in total. The monoisotopic (exact) mass is 223 g/mol. The van der Waals surface area contributed by atoms with Gasteiger partial charge in [-0.2, -0.15) is 0 Å². The summed E-state index contributed by atoms with van der Waals surface area (Å²) in [6.45, 7) is 4.27. The summed E-state index contributed by atoms with van der Waals surface area (Å²) in [6, 6.07) is 4.56. The number of nitrogens with two attached hydrogens (primary N) is 1. The number of halogens is 1. The van der Waals surface area contributed by atoms with Crippen LogP contribution in [0.25, 0.3) is 0 Å². The van der Waals surface area contributed by atoms with Gasteiger partial charge in [-0.15, -0.1) is 0 Å². The zero-order chi connectivity index (χ0) is 11.7. The van der Waals surface area contributed by atoms with E-state index in [4.69, 9.17) is 10.5 Å². The molecule has 0 bridgehead atoms. The molecular weight excluding hydrogens is 205 g/mol. The van der Waals surface area contributed by atoms with E-state index in [-0.39, 0.29) is 18.0 Å². The number of ether oxygens (including phenoxy) is 1. The maximum atomic E-state index is 13.1. The summed E-state index contributed by atoms with van der Waals surface area (Å²) in [7, 11) is 0. The highest BCUT2D eigenvalue weighted by Gasteiger charge is 2.29. The fraction of sp³-hybridized carbons (Fsp3) is 0.538. The molecule has 1 aromatic rings. The smallest absolute Gasteiger partial charge is 0.127 e. The number of hydrogen-bond acceptors (Lipinski definition) is 2. The van der Waals surface area contributed by atoms with Gasteiger partial charge < -0.3 is 10.5 Å². The first-order valence-corrected chi connectivity index (χ1v) is 5.83. The third-order valence-electron chi connectivity index (χ3n) is 3.42. The first-order valence-electron chi connectivity index (χ1n) is 5.83. The Labute approximate surface area is 95.6 Å². The van der Waals surface area contributed by atoms with Gasteiger partial charge in [-0.1, -0.05) is 26.3 Å². The van der Waals surface area contributed by atoms with Gasteiger partial charge in [-0.25, -0.2) is 4.39 Å². The Hall–Kier alpha value is -1.09. The van der Waals surface area contributed by atoms with Crippen molar-refractivity contribution in [1.29, 1.82) is 0 Å². The SMILES string of the molecule is CCC(C)C1C[C@@H](N)c2ccc(F)cc2O1. The fourth-order valence-corrected chi connectivity index (χ4v) is 2.12. The zero-order valence-corrected chi connectivity index (χ0v) is 9.74. The molecule has 3 atom stereocenters. The van der Waals surface area contributed by atoms with Gasteiger partial charge in [-0.3, -0.25) is 0 Å². The van der Waals surface area contributed by atoms with Gasteiger partial charge in [0.2, 0.25) is 0 Å². The molecule has 0 radical (unpaired) electrons. The third kappa shape index (κ3) is 2.05. The lowest BCUT2D eigenvalue weighted by Crippen LogP contribution is -2.34. The number of benzene rings is 1. The molecule has 1 heterocycles. The molecule has 0 aliphatic carbocycles. The van der Waals surface area contributed by atoms with Crippen LogP contribution in [0.1, 0.15) is 38.3 Å². The maximum absolute atomic E-state index is 13.1. The predicted molar refractivity (Wildman–Crippen MR) is 61.8 cm³/mol. The lowest BCUT2D eigenvalue weighted by molar-refractivity contribution is 0.104. The number of rotatable bonds is 2. The van der Waals surface area contributed by atoms with Crippen LogP contribution in [0.4, 0.5) is 4.39 Å². The first-order chi connectivity index (χ1) is 7.61. The van der Waals surface area contributed by atoms with Crippen LogP contribution in [-0.2, 0) is 0 Å².